The average Bonchev–Trinajstić information content (AvgIpc) is 3.65. The first-order valence-electron chi connectivity index (χ1n) is 39.3. The van der Waals surface area contributed by atoms with Crippen molar-refractivity contribution in [2.45, 2.75) is 418 Å². The molecule has 0 aliphatic rings. The van der Waals surface area contributed by atoms with Crippen LogP contribution in [0.2, 0.25) is 0 Å². The lowest BCUT2D eigenvalue weighted by Gasteiger charge is -2.30. The van der Waals surface area contributed by atoms with Crippen LogP contribution in [0, 0.1) is 0 Å². The predicted octanol–water partition coefficient (Wildman–Crippen LogP) is 24.7. The summed E-state index contributed by atoms with van der Waals surface area (Å²) < 4.78 is 30.6. The van der Waals surface area contributed by atoms with Gasteiger partial charge >= 0.3 is 5.97 Å². The molecule has 0 fully saturated rings. The van der Waals surface area contributed by atoms with E-state index >= 15 is 0 Å². The third-order valence-corrected chi connectivity index (χ3v) is 19.0. The molecule has 0 bridgehead atoms. The van der Waals surface area contributed by atoms with Crippen molar-refractivity contribution in [2.75, 3.05) is 40.9 Å². The van der Waals surface area contributed by atoms with E-state index in [1.54, 1.807) is 0 Å². The molecule has 0 aliphatic carbocycles. The van der Waals surface area contributed by atoms with Gasteiger partial charge in [-0.15, -0.1) is 0 Å². The third-order valence-electron chi connectivity index (χ3n) is 18.1. The first kappa shape index (κ1) is 87.2. The van der Waals surface area contributed by atoms with Gasteiger partial charge in [-0.3, -0.25) is 14.2 Å². The maximum atomic E-state index is 13.7. The monoisotopic (exact) mass is 1270 g/mol. The van der Waals surface area contributed by atoms with Crippen molar-refractivity contribution in [3.8, 4) is 0 Å². The van der Waals surface area contributed by atoms with Crippen molar-refractivity contribution in [1.82, 2.24) is 5.32 Å². The molecule has 9 nitrogen and oxygen atoms in total. The van der Waals surface area contributed by atoms with Gasteiger partial charge in [0.2, 0.25) is 5.91 Å². The number of rotatable bonds is 73. The number of esters is 1. The fourth-order valence-electron chi connectivity index (χ4n) is 12.0. The number of carbonyl (C=O) groups excluding carboxylic acids is 2. The van der Waals surface area contributed by atoms with E-state index in [2.05, 4.69) is 50.4 Å². The summed E-state index contributed by atoms with van der Waals surface area (Å²) in [4.78, 5) is 40.3. The van der Waals surface area contributed by atoms with Crippen LogP contribution < -0.4 is 10.2 Å². The summed E-state index contributed by atoms with van der Waals surface area (Å²) in [6.07, 6.45) is 87.1. The fraction of sp³-hybridized carbons (Fsp3) is 0.899. The van der Waals surface area contributed by atoms with Gasteiger partial charge in [0.15, 0.2) is 0 Å². The number of phosphoric acid groups is 1. The minimum Gasteiger partial charge on any atom is -0.756 e. The Labute approximate surface area is 555 Å². The Bertz CT molecular complexity index is 1610. The normalized spacial score (nSPS) is 13.6. The van der Waals surface area contributed by atoms with E-state index in [-0.39, 0.29) is 31.5 Å². The number of quaternary nitrogens is 1. The largest absolute Gasteiger partial charge is 0.756 e. The quantitative estimate of drug-likeness (QED) is 0.0212. The number of unbranched alkanes of at least 4 members (excludes halogenated alkanes) is 53. The molecule has 0 saturated carbocycles. The summed E-state index contributed by atoms with van der Waals surface area (Å²) in [5.74, 6) is -0.514. The number of hydrogen-bond acceptors (Lipinski definition) is 7. The lowest BCUT2D eigenvalue weighted by atomic mass is 10.0. The molecule has 1 N–H and O–H groups in total. The summed E-state index contributed by atoms with van der Waals surface area (Å²) in [5, 5.41) is 3.06. The molecule has 0 aliphatic heterocycles. The number of phosphoric ester groups is 1. The van der Waals surface area contributed by atoms with Gasteiger partial charge < -0.3 is 28.5 Å². The van der Waals surface area contributed by atoms with E-state index in [1.807, 2.05) is 33.3 Å². The van der Waals surface area contributed by atoms with Crippen molar-refractivity contribution in [2.24, 2.45) is 0 Å². The van der Waals surface area contributed by atoms with E-state index in [0.29, 0.717) is 17.4 Å². The van der Waals surface area contributed by atoms with Gasteiger partial charge in [-0.2, -0.15) is 0 Å². The van der Waals surface area contributed by atoms with E-state index in [9.17, 15) is 19.0 Å². The van der Waals surface area contributed by atoms with E-state index in [4.69, 9.17) is 13.8 Å². The topological polar surface area (TPSA) is 114 Å². The molecule has 0 spiro atoms. The molecule has 0 rings (SSSR count). The molecule has 0 heterocycles. The van der Waals surface area contributed by atoms with Crippen molar-refractivity contribution in [3.05, 3.63) is 36.5 Å². The van der Waals surface area contributed by atoms with Gasteiger partial charge in [0, 0.05) is 12.8 Å². The molecule has 3 atom stereocenters. The number of likely N-dealkylation sites (N-methyl/N-ethyl adjacent to an activating group) is 1. The molecule has 1 amide bonds. The number of hydrogen-bond donors (Lipinski definition) is 1. The number of carbonyl (C=O) groups is 2. The molecule has 0 aromatic rings. The smallest absolute Gasteiger partial charge is 0.306 e. The van der Waals surface area contributed by atoms with Crippen molar-refractivity contribution >= 4 is 19.7 Å². The summed E-state index contributed by atoms with van der Waals surface area (Å²) in [6, 6.07) is -0.885. The highest BCUT2D eigenvalue weighted by Gasteiger charge is 2.27. The van der Waals surface area contributed by atoms with Crippen LogP contribution in [0.5, 0.6) is 0 Å². The van der Waals surface area contributed by atoms with Gasteiger partial charge in [0.1, 0.15) is 19.3 Å². The Morgan fingerprint density at radius 1 is 0.393 bits per heavy atom. The lowest BCUT2D eigenvalue weighted by molar-refractivity contribution is -0.870. The van der Waals surface area contributed by atoms with Crippen LogP contribution in [0.15, 0.2) is 36.5 Å². The highest BCUT2D eigenvalue weighted by molar-refractivity contribution is 7.45. The van der Waals surface area contributed by atoms with Crippen LogP contribution in [0.4, 0.5) is 0 Å². The fourth-order valence-corrected chi connectivity index (χ4v) is 12.8. The summed E-state index contributed by atoms with van der Waals surface area (Å²) in [5.41, 5.74) is 0. The Kier molecular flexibility index (Phi) is 67.7. The number of nitrogens with one attached hydrogen (secondary N) is 1. The van der Waals surface area contributed by atoms with Crippen LogP contribution in [0.3, 0.4) is 0 Å². The van der Waals surface area contributed by atoms with Crippen LogP contribution in [-0.4, -0.2) is 69.4 Å². The first-order chi connectivity index (χ1) is 43.4. The Morgan fingerprint density at radius 2 is 0.685 bits per heavy atom. The SMILES string of the molecule is CCCCC/C=C\C/C=C\CCCCCCCCCCCCCCCCCCCC(=O)NC(COP(=O)([O-])OCC[N+](C)(C)C)C(/C=C/CCCCCCCCCCCCC)OC(=O)CCCCCCCCCCCCCCCCCCCCCCCCC. The van der Waals surface area contributed by atoms with Gasteiger partial charge in [-0.05, 0) is 63.9 Å². The molecule has 0 aromatic carbocycles. The zero-order valence-corrected chi connectivity index (χ0v) is 61.3. The molecule has 89 heavy (non-hydrogen) atoms. The van der Waals surface area contributed by atoms with Crippen molar-refractivity contribution in [3.63, 3.8) is 0 Å². The van der Waals surface area contributed by atoms with Gasteiger partial charge in [0.25, 0.3) is 7.82 Å². The number of ether oxygens (including phenoxy) is 1. The predicted molar refractivity (Wildman–Crippen MR) is 386 cm³/mol. The van der Waals surface area contributed by atoms with E-state index in [1.165, 1.54) is 308 Å². The number of nitrogens with zero attached hydrogens (tertiary/aromatic N) is 1. The van der Waals surface area contributed by atoms with Crippen LogP contribution in [0.25, 0.3) is 0 Å². The minimum atomic E-state index is -4.70. The molecule has 526 valence electrons. The van der Waals surface area contributed by atoms with E-state index in [0.717, 1.165) is 64.2 Å². The maximum Gasteiger partial charge on any atom is 0.306 e. The highest BCUT2D eigenvalue weighted by atomic mass is 31.2. The first-order valence-corrected chi connectivity index (χ1v) is 40.8. The molecule has 0 aromatic heterocycles. The average molecular weight is 1270 g/mol. The van der Waals surface area contributed by atoms with Gasteiger partial charge in [-0.1, -0.05) is 366 Å². The van der Waals surface area contributed by atoms with Crippen LogP contribution in [0.1, 0.15) is 406 Å². The summed E-state index contributed by atoms with van der Waals surface area (Å²) >= 11 is 0. The van der Waals surface area contributed by atoms with Gasteiger partial charge in [0.05, 0.1) is 33.8 Å². The van der Waals surface area contributed by atoms with Gasteiger partial charge in [-0.25, -0.2) is 0 Å². The Balaban J connectivity index is 4.94. The zero-order valence-electron chi connectivity index (χ0n) is 60.4. The Hall–Kier alpha value is -1.77. The third kappa shape index (κ3) is 70.4. The second kappa shape index (κ2) is 69.1. The summed E-state index contributed by atoms with van der Waals surface area (Å²) in [7, 11) is 1.21. The minimum absolute atomic E-state index is 0.0183. The second-order valence-electron chi connectivity index (χ2n) is 28.2. The maximum absolute atomic E-state index is 13.7. The second-order valence-corrected chi connectivity index (χ2v) is 29.6. The molecular formula is C79H153N2O7P. The number of amides is 1. The summed E-state index contributed by atoms with van der Waals surface area (Å²) in [6.45, 7) is 6.90. The lowest BCUT2D eigenvalue weighted by Crippen LogP contribution is -2.47. The molecule has 0 saturated heterocycles. The molecule has 3 unspecified atom stereocenters. The van der Waals surface area contributed by atoms with E-state index < -0.39 is 20.0 Å². The van der Waals surface area contributed by atoms with Crippen molar-refractivity contribution < 1.29 is 37.3 Å². The molecule has 0 radical (unpaired) electrons. The van der Waals surface area contributed by atoms with Crippen molar-refractivity contribution in [1.29, 1.82) is 0 Å². The van der Waals surface area contributed by atoms with Crippen LogP contribution >= 0.6 is 7.82 Å². The molecule has 10 heteroatoms. The standard InChI is InChI=1S/C79H153N2O7P/c1-7-10-13-16-19-22-25-28-30-32-34-36-38-39-40-41-43-44-46-48-50-53-56-59-62-65-68-71-78(82)80-76(75-87-89(84,85)86-74-73-81(4,5)6)77(70-67-64-61-58-55-52-27-24-21-18-15-12-9-3)88-79(83)72-69-66-63-60-57-54-51-49-47-45-42-37-35-33-31-29-26-23-20-17-14-11-8-2/h19,22,28,30,67,70,76-77H,7-18,20-21,23-27,29,31-66,68-69,71-75H2,1-6H3,(H-,80,82,84,85)/b22-19-,30-28-,70-67+. The zero-order chi connectivity index (χ0) is 64.9. The molecular weight excluding hydrogens is 1120 g/mol. The highest BCUT2D eigenvalue weighted by Crippen LogP contribution is 2.38. The Morgan fingerprint density at radius 3 is 1.03 bits per heavy atom. The number of allylic oxidation sites excluding steroid dienone is 5. The van der Waals surface area contributed by atoms with Crippen LogP contribution in [-0.2, 0) is 27.9 Å².